The molecule has 1 saturated carbocycles. The van der Waals surface area contributed by atoms with Crippen LogP contribution in [0, 0.1) is 5.92 Å². The van der Waals surface area contributed by atoms with Crippen LogP contribution in [-0.4, -0.2) is 48.8 Å². The molecule has 2 aromatic carbocycles. The molecule has 3 rings (SSSR count). The van der Waals surface area contributed by atoms with Crippen molar-refractivity contribution >= 4 is 46.7 Å². The molecule has 2 N–H and O–H groups in total. The van der Waals surface area contributed by atoms with Gasteiger partial charge in [0, 0.05) is 18.7 Å². The van der Waals surface area contributed by atoms with Crippen LogP contribution < -0.4 is 10.6 Å². The second-order valence-corrected chi connectivity index (χ2v) is 7.61. The highest BCUT2D eigenvalue weighted by Gasteiger charge is 2.29. The quantitative estimate of drug-likeness (QED) is 0.610. The lowest BCUT2D eigenvalue weighted by molar-refractivity contribution is -0.136. The summed E-state index contributed by atoms with van der Waals surface area (Å²) in [7, 11) is 1.43. The molecule has 0 aromatic heterocycles. The molecule has 1 aliphatic carbocycles. The Kier molecular flexibility index (Phi) is 7.25. The molecule has 0 unspecified atom stereocenters. The molecular weight excluding hydrogens is 422 g/mol. The van der Waals surface area contributed by atoms with E-state index in [2.05, 4.69) is 10.6 Å². The van der Waals surface area contributed by atoms with Gasteiger partial charge in [0.25, 0.3) is 5.91 Å². The number of benzene rings is 2. The van der Waals surface area contributed by atoms with E-state index in [0.29, 0.717) is 16.4 Å². The Hall–Kier alpha value is -3.39. The number of carbonyl (C=O) groups is 4. The summed E-state index contributed by atoms with van der Waals surface area (Å²) < 4.78 is 5.05. The maximum atomic E-state index is 12.3. The molecule has 0 atom stereocenters. The molecule has 0 aliphatic heterocycles. The molecule has 162 valence electrons. The van der Waals surface area contributed by atoms with E-state index in [1.807, 2.05) is 0 Å². The molecule has 31 heavy (non-hydrogen) atoms. The number of hydrogen-bond acceptors (Lipinski definition) is 5. The molecule has 9 heteroatoms. The van der Waals surface area contributed by atoms with Gasteiger partial charge < -0.3 is 20.3 Å². The summed E-state index contributed by atoms with van der Waals surface area (Å²) in [5.74, 6) is -1.71. The van der Waals surface area contributed by atoms with E-state index >= 15 is 0 Å². The number of halogens is 1. The van der Waals surface area contributed by atoms with Gasteiger partial charge in [-0.1, -0.05) is 29.8 Å². The summed E-state index contributed by atoms with van der Waals surface area (Å²) in [4.78, 5) is 49.6. The molecule has 0 heterocycles. The lowest BCUT2D eigenvalue weighted by Gasteiger charge is -2.17. The first-order valence-corrected chi connectivity index (χ1v) is 10.1. The molecule has 1 fully saturated rings. The molecule has 8 nitrogen and oxygen atoms in total. The van der Waals surface area contributed by atoms with Crippen molar-refractivity contribution in [3.05, 3.63) is 59.1 Å². The number of nitrogens with one attached hydrogen (secondary N) is 2. The number of ether oxygens (including phenoxy) is 1. The van der Waals surface area contributed by atoms with Crippen molar-refractivity contribution in [3.63, 3.8) is 0 Å². The number of likely N-dealkylation sites (N-methyl/N-ethyl adjacent to an activating group) is 1. The van der Waals surface area contributed by atoms with Gasteiger partial charge in [-0.3, -0.25) is 14.4 Å². The zero-order valence-corrected chi connectivity index (χ0v) is 17.6. The predicted octanol–water partition coefficient (Wildman–Crippen LogP) is 2.94. The average molecular weight is 444 g/mol. The van der Waals surface area contributed by atoms with Crippen molar-refractivity contribution < 1.29 is 23.9 Å². The number of anilines is 2. The third-order valence-electron chi connectivity index (χ3n) is 4.60. The minimum atomic E-state index is -0.704. The number of rotatable bonds is 8. The highest BCUT2D eigenvalue weighted by atomic mass is 35.5. The lowest BCUT2D eigenvalue weighted by Crippen LogP contribution is -2.37. The molecule has 0 radical (unpaired) electrons. The van der Waals surface area contributed by atoms with Crippen molar-refractivity contribution in [3.8, 4) is 0 Å². The lowest BCUT2D eigenvalue weighted by atomic mass is 10.2. The maximum Gasteiger partial charge on any atom is 0.338 e. The summed E-state index contributed by atoms with van der Waals surface area (Å²) in [6.07, 6.45) is 1.75. The molecule has 2 aromatic rings. The zero-order chi connectivity index (χ0) is 22.4. The monoisotopic (exact) mass is 443 g/mol. The van der Waals surface area contributed by atoms with E-state index in [1.54, 1.807) is 36.4 Å². The van der Waals surface area contributed by atoms with Gasteiger partial charge in [-0.25, -0.2) is 4.79 Å². The van der Waals surface area contributed by atoms with Crippen LogP contribution >= 0.6 is 11.6 Å². The first kappa shape index (κ1) is 22.3. The van der Waals surface area contributed by atoms with Gasteiger partial charge in [0.15, 0.2) is 6.61 Å². The molecule has 0 spiro atoms. The van der Waals surface area contributed by atoms with Gasteiger partial charge in [0.2, 0.25) is 11.8 Å². The molecule has 0 saturated heterocycles. The molecule has 3 amide bonds. The van der Waals surface area contributed by atoms with Gasteiger partial charge in [-0.15, -0.1) is 0 Å². The van der Waals surface area contributed by atoms with Crippen LogP contribution in [0.2, 0.25) is 5.02 Å². The molecule has 0 bridgehead atoms. The molecule has 1 aliphatic rings. The number of para-hydroxylation sites is 1. The largest absolute Gasteiger partial charge is 0.452 e. The third-order valence-corrected chi connectivity index (χ3v) is 4.92. The Labute approximate surface area is 184 Å². The van der Waals surface area contributed by atoms with Crippen LogP contribution in [0.15, 0.2) is 48.5 Å². The topological polar surface area (TPSA) is 105 Å². The summed E-state index contributed by atoms with van der Waals surface area (Å²) in [5, 5.41) is 5.75. The van der Waals surface area contributed by atoms with E-state index < -0.39 is 24.4 Å². The summed E-state index contributed by atoms with van der Waals surface area (Å²) in [6.45, 7) is -0.752. The minimum Gasteiger partial charge on any atom is -0.452 e. The Balaban J connectivity index is 1.47. The number of amides is 3. The Morgan fingerprint density at radius 2 is 1.81 bits per heavy atom. The van der Waals surface area contributed by atoms with Gasteiger partial charge in [0.05, 0.1) is 22.8 Å². The highest BCUT2D eigenvalue weighted by Crippen LogP contribution is 2.30. The first-order valence-electron chi connectivity index (χ1n) is 9.70. The van der Waals surface area contributed by atoms with E-state index in [4.69, 9.17) is 16.3 Å². The first-order chi connectivity index (χ1) is 14.8. The van der Waals surface area contributed by atoms with Crippen LogP contribution in [-0.2, 0) is 19.1 Å². The van der Waals surface area contributed by atoms with Gasteiger partial charge in [-0.2, -0.15) is 0 Å². The second kappa shape index (κ2) is 10.1. The fourth-order valence-electron chi connectivity index (χ4n) is 2.69. The Bertz CT molecular complexity index is 1010. The van der Waals surface area contributed by atoms with Crippen molar-refractivity contribution in [1.82, 2.24) is 4.90 Å². The van der Waals surface area contributed by atoms with Crippen LogP contribution in [0.4, 0.5) is 11.4 Å². The summed E-state index contributed by atoms with van der Waals surface area (Å²) in [5.41, 5.74) is 1.14. The number of esters is 1. The fraction of sp³-hybridized carbons (Fsp3) is 0.273. The zero-order valence-electron chi connectivity index (χ0n) is 16.9. The highest BCUT2D eigenvalue weighted by molar-refractivity contribution is 6.33. The number of carbonyl (C=O) groups excluding carboxylic acids is 4. The van der Waals surface area contributed by atoms with Crippen molar-refractivity contribution in [2.24, 2.45) is 5.92 Å². The second-order valence-electron chi connectivity index (χ2n) is 7.20. The van der Waals surface area contributed by atoms with Crippen LogP contribution in [0.5, 0.6) is 0 Å². The van der Waals surface area contributed by atoms with Crippen LogP contribution in [0.3, 0.4) is 0 Å². The van der Waals surface area contributed by atoms with Gasteiger partial charge >= 0.3 is 5.97 Å². The Morgan fingerprint density at radius 1 is 1.06 bits per heavy atom. The van der Waals surface area contributed by atoms with Crippen LogP contribution in [0.1, 0.15) is 23.2 Å². The van der Waals surface area contributed by atoms with Crippen molar-refractivity contribution in [2.75, 3.05) is 30.8 Å². The van der Waals surface area contributed by atoms with E-state index in [9.17, 15) is 19.2 Å². The van der Waals surface area contributed by atoms with Crippen molar-refractivity contribution in [2.45, 2.75) is 12.8 Å². The fourth-order valence-corrected chi connectivity index (χ4v) is 2.87. The maximum absolute atomic E-state index is 12.3. The van der Waals surface area contributed by atoms with Gasteiger partial charge in [-0.05, 0) is 43.2 Å². The van der Waals surface area contributed by atoms with E-state index in [0.717, 1.165) is 17.7 Å². The normalized spacial score (nSPS) is 12.6. The standard InChI is InChI=1S/C22H22ClN3O5/c1-26(12-19(27)25-18-8-3-2-7-17(18)23)20(28)13-31-22(30)15-5-4-6-16(11-15)24-21(29)14-9-10-14/h2-8,11,14H,9-10,12-13H2,1H3,(H,24,29)(H,25,27). The summed E-state index contributed by atoms with van der Waals surface area (Å²) in [6, 6.07) is 13.1. The van der Waals surface area contributed by atoms with E-state index in [1.165, 1.54) is 19.2 Å². The van der Waals surface area contributed by atoms with Gasteiger partial charge in [0.1, 0.15) is 0 Å². The average Bonchev–Trinajstić information content (AvgIpc) is 3.59. The minimum absolute atomic E-state index is 0.0406. The third kappa shape index (κ3) is 6.55. The number of hydrogen-bond donors (Lipinski definition) is 2. The molecular formula is C22H22ClN3O5. The van der Waals surface area contributed by atoms with E-state index in [-0.39, 0.29) is 23.9 Å². The summed E-state index contributed by atoms with van der Waals surface area (Å²) >= 11 is 5.99. The Morgan fingerprint density at radius 3 is 2.52 bits per heavy atom. The predicted molar refractivity (Wildman–Crippen MR) is 116 cm³/mol. The van der Waals surface area contributed by atoms with Crippen molar-refractivity contribution in [1.29, 1.82) is 0 Å². The SMILES string of the molecule is CN(CC(=O)Nc1ccccc1Cl)C(=O)COC(=O)c1cccc(NC(=O)C2CC2)c1. The number of nitrogens with zero attached hydrogens (tertiary/aromatic N) is 1. The smallest absolute Gasteiger partial charge is 0.338 e. The van der Waals surface area contributed by atoms with Crippen LogP contribution in [0.25, 0.3) is 0 Å².